The quantitative estimate of drug-likeness (QED) is 0.556. The molecule has 70 valence electrons. The topological polar surface area (TPSA) is 0 Å². The van der Waals surface area contributed by atoms with Gasteiger partial charge in [0.1, 0.15) is 11.7 Å². The summed E-state index contributed by atoms with van der Waals surface area (Å²) in [6.07, 6.45) is 2.60. The Kier molecular flexibility index (Phi) is 5.60. The maximum absolute atomic E-state index is 12.7. The summed E-state index contributed by atoms with van der Waals surface area (Å²) in [6, 6.07) is 0. The van der Waals surface area contributed by atoms with E-state index in [1.54, 1.807) is 0 Å². The summed E-state index contributed by atoms with van der Waals surface area (Å²) in [5.41, 5.74) is 0.737. The zero-order chi connectivity index (χ0) is 9.56. The molecule has 1 aliphatic carbocycles. The number of hydrogen-bond donors (Lipinski definition) is 0. The van der Waals surface area contributed by atoms with Gasteiger partial charge in [-0.25, -0.2) is 8.78 Å². The molecule has 0 unspecified atom stereocenters. The molecule has 1 aliphatic rings. The number of hydrogen-bond acceptors (Lipinski definition) is 0. The van der Waals surface area contributed by atoms with E-state index in [4.69, 9.17) is 0 Å². The van der Waals surface area contributed by atoms with Gasteiger partial charge in [0.2, 0.25) is 0 Å². The first-order valence-corrected chi connectivity index (χ1v) is 4.47. The average Bonchev–Trinajstić information content (AvgIpc) is 2.08. The van der Waals surface area contributed by atoms with Gasteiger partial charge in [-0.2, -0.15) is 0 Å². The van der Waals surface area contributed by atoms with Gasteiger partial charge < -0.3 is 0 Å². The highest BCUT2D eigenvalue weighted by atomic mass is 19.1. The van der Waals surface area contributed by atoms with Crippen molar-refractivity contribution in [2.75, 3.05) is 0 Å². The van der Waals surface area contributed by atoms with E-state index in [0.717, 1.165) is 11.6 Å². The normalized spacial score (nSPS) is 16.6. The Balaban J connectivity index is 0.000000561. The first-order valence-electron chi connectivity index (χ1n) is 4.47. The van der Waals surface area contributed by atoms with Gasteiger partial charge >= 0.3 is 0 Å². The Morgan fingerprint density at radius 2 is 1.83 bits per heavy atom. The largest absolute Gasteiger partial charge is 0.212 e. The van der Waals surface area contributed by atoms with Crippen LogP contribution >= 0.6 is 0 Å². The van der Waals surface area contributed by atoms with Crippen LogP contribution < -0.4 is 0 Å². The summed E-state index contributed by atoms with van der Waals surface area (Å²) in [4.78, 5) is 0. The number of allylic oxidation sites excluding steroid dienone is 4. The Bertz CT molecular complexity index is 190. The molecule has 0 aromatic heterocycles. The van der Waals surface area contributed by atoms with Crippen LogP contribution in [0.3, 0.4) is 0 Å². The van der Waals surface area contributed by atoms with E-state index in [1.807, 2.05) is 20.8 Å². The van der Waals surface area contributed by atoms with Gasteiger partial charge in [-0.15, -0.1) is 0 Å². The lowest BCUT2D eigenvalue weighted by Crippen LogP contribution is -1.92. The van der Waals surface area contributed by atoms with Gasteiger partial charge in [-0.1, -0.05) is 20.8 Å². The lowest BCUT2D eigenvalue weighted by molar-refractivity contribution is 0.542. The van der Waals surface area contributed by atoms with Gasteiger partial charge in [0, 0.05) is 12.5 Å². The molecular weight excluding hydrogens is 158 g/mol. The Morgan fingerprint density at radius 3 is 2.25 bits per heavy atom. The summed E-state index contributed by atoms with van der Waals surface area (Å²) >= 11 is 0. The van der Waals surface area contributed by atoms with Crippen LogP contribution in [-0.2, 0) is 0 Å². The van der Waals surface area contributed by atoms with E-state index >= 15 is 0 Å². The summed E-state index contributed by atoms with van der Waals surface area (Å²) < 4.78 is 25.0. The summed E-state index contributed by atoms with van der Waals surface area (Å²) in [5, 5.41) is 0. The average molecular weight is 174 g/mol. The van der Waals surface area contributed by atoms with E-state index in [2.05, 4.69) is 0 Å². The highest BCUT2D eigenvalue weighted by molar-refractivity contribution is 5.25. The molecule has 0 N–H and O–H groups in total. The van der Waals surface area contributed by atoms with Crippen molar-refractivity contribution >= 4 is 0 Å². The SMILES string of the molecule is CC.CCC1=C(F)C=C(F)CC1. The van der Waals surface area contributed by atoms with Crippen molar-refractivity contribution in [3.63, 3.8) is 0 Å². The van der Waals surface area contributed by atoms with Gasteiger partial charge in [0.15, 0.2) is 0 Å². The molecule has 0 saturated heterocycles. The van der Waals surface area contributed by atoms with Crippen molar-refractivity contribution in [2.45, 2.75) is 40.0 Å². The fraction of sp³-hybridized carbons (Fsp3) is 0.600. The van der Waals surface area contributed by atoms with Crippen LogP contribution in [-0.4, -0.2) is 0 Å². The van der Waals surface area contributed by atoms with Gasteiger partial charge in [0.05, 0.1) is 0 Å². The fourth-order valence-electron chi connectivity index (χ4n) is 1.05. The van der Waals surface area contributed by atoms with Crippen molar-refractivity contribution in [3.8, 4) is 0 Å². The molecule has 0 nitrogen and oxygen atoms in total. The summed E-state index contributed by atoms with van der Waals surface area (Å²) in [6.45, 7) is 5.88. The lowest BCUT2D eigenvalue weighted by Gasteiger charge is -2.08. The molecule has 0 saturated carbocycles. The van der Waals surface area contributed by atoms with Crippen LogP contribution in [0, 0.1) is 0 Å². The lowest BCUT2D eigenvalue weighted by atomic mass is 10.0. The highest BCUT2D eigenvalue weighted by Crippen LogP contribution is 2.26. The molecule has 0 aromatic carbocycles. The van der Waals surface area contributed by atoms with Crippen molar-refractivity contribution in [1.29, 1.82) is 0 Å². The molecule has 0 bridgehead atoms. The molecule has 0 atom stereocenters. The predicted octanol–water partition coefficient (Wildman–Crippen LogP) is 4.29. The molecule has 0 radical (unpaired) electrons. The molecule has 0 aliphatic heterocycles. The molecule has 0 aromatic rings. The smallest absolute Gasteiger partial charge is 0.124 e. The highest BCUT2D eigenvalue weighted by Gasteiger charge is 2.10. The Hall–Kier alpha value is -0.660. The number of halogens is 2. The van der Waals surface area contributed by atoms with E-state index in [-0.39, 0.29) is 11.7 Å². The Labute approximate surface area is 73.0 Å². The second-order valence-corrected chi connectivity index (χ2v) is 2.40. The minimum absolute atomic E-state index is 0.338. The van der Waals surface area contributed by atoms with E-state index < -0.39 is 0 Å². The van der Waals surface area contributed by atoms with Crippen LogP contribution in [0.2, 0.25) is 0 Å². The standard InChI is InChI=1S/C8H10F2.C2H6/c1-2-6-3-4-7(9)5-8(6)10;1-2/h5H,2-4H2,1H3;1-2H3. The zero-order valence-corrected chi connectivity index (χ0v) is 7.95. The zero-order valence-electron chi connectivity index (χ0n) is 7.95. The van der Waals surface area contributed by atoms with E-state index in [9.17, 15) is 8.78 Å². The third-order valence-electron chi connectivity index (χ3n) is 1.71. The third-order valence-corrected chi connectivity index (χ3v) is 1.71. The van der Waals surface area contributed by atoms with Crippen LogP contribution in [0.1, 0.15) is 40.0 Å². The molecular formula is C10H16F2. The van der Waals surface area contributed by atoms with Crippen molar-refractivity contribution in [3.05, 3.63) is 23.3 Å². The summed E-state index contributed by atoms with van der Waals surface area (Å²) in [5.74, 6) is -0.707. The van der Waals surface area contributed by atoms with Crippen molar-refractivity contribution < 1.29 is 8.78 Å². The first-order chi connectivity index (χ1) is 5.74. The number of rotatable bonds is 1. The second kappa shape index (κ2) is 5.92. The van der Waals surface area contributed by atoms with E-state index in [0.29, 0.717) is 19.3 Å². The third kappa shape index (κ3) is 3.16. The first kappa shape index (κ1) is 11.3. The maximum atomic E-state index is 12.7. The van der Waals surface area contributed by atoms with Crippen molar-refractivity contribution in [2.24, 2.45) is 0 Å². The molecule has 0 amide bonds. The van der Waals surface area contributed by atoms with Gasteiger partial charge in [0.25, 0.3) is 0 Å². The van der Waals surface area contributed by atoms with Crippen LogP contribution in [0.25, 0.3) is 0 Å². The van der Waals surface area contributed by atoms with Gasteiger partial charge in [-0.05, 0) is 18.4 Å². The van der Waals surface area contributed by atoms with Crippen LogP contribution in [0.5, 0.6) is 0 Å². The molecule has 0 fully saturated rings. The molecule has 2 heteroatoms. The Morgan fingerprint density at radius 1 is 1.25 bits per heavy atom. The minimum Gasteiger partial charge on any atom is -0.212 e. The van der Waals surface area contributed by atoms with Crippen molar-refractivity contribution in [1.82, 2.24) is 0 Å². The van der Waals surface area contributed by atoms with E-state index in [1.165, 1.54) is 0 Å². The minimum atomic E-state index is -0.369. The summed E-state index contributed by atoms with van der Waals surface area (Å²) in [7, 11) is 0. The second-order valence-electron chi connectivity index (χ2n) is 2.40. The predicted molar refractivity (Wildman–Crippen MR) is 48.2 cm³/mol. The fourth-order valence-corrected chi connectivity index (χ4v) is 1.05. The van der Waals surface area contributed by atoms with Gasteiger partial charge in [-0.3, -0.25) is 0 Å². The molecule has 0 heterocycles. The molecule has 1 rings (SSSR count). The van der Waals surface area contributed by atoms with Crippen LogP contribution in [0.15, 0.2) is 23.3 Å². The maximum Gasteiger partial charge on any atom is 0.124 e. The monoisotopic (exact) mass is 174 g/mol. The molecule has 0 spiro atoms. The molecule has 12 heavy (non-hydrogen) atoms. The van der Waals surface area contributed by atoms with Crippen LogP contribution in [0.4, 0.5) is 8.78 Å².